The maximum atomic E-state index is 11.5. The first-order chi connectivity index (χ1) is 7.27. The van der Waals surface area contributed by atoms with E-state index in [0.717, 1.165) is 17.7 Å². The van der Waals surface area contributed by atoms with Crippen molar-refractivity contribution in [3.05, 3.63) is 22.4 Å². The van der Waals surface area contributed by atoms with Crippen molar-refractivity contribution in [2.24, 2.45) is 5.92 Å². The minimum Gasteiger partial charge on any atom is -0.393 e. The summed E-state index contributed by atoms with van der Waals surface area (Å²) >= 11 is 1.43. The van der Waals surface area contributed by atoms with Crippen LogP contribution in [0.3, 0.4) is 0 Å². The smallest absolute Gasteiger partial charge is 0.261 e. The van der Waals surface area contributed by atoms with E-state index in [1.807, 2.05) is 11.4 Å². The summed E-state index contributed by atoms with van der Waals surface area (Å²) in [6.07, 6.45) is 2.72. The molecule has 1 aromatic heterocycles. The van der Waals surface area contributed by atoms with Gasteiger partial charge in [-0.05, 0) is 36.6 Å². The lowest BCUT2D eigenvalue weighted by Crippen LogP contribution is -2.27. The highest BCUT2D eigenvalue weighted by atomic mass is 32.1. The SMILES string of the molecule is O=C(NCCC(O)C1CC1)c1cccs1. The van der Waals surface area contributed by atoms with E-state index in [9.17, 15) is 9.90 Å². The Morgan fingerprint density at radius 2 is 2.47 bits per heavy atom. The van der Waals surface area contributed by atoms with E-state index < -0.39 is 0 Å². The van der Waals surface area contributed by atoms with E-state index in [-0.39, 0.29) is 12.0 Å². The molecule has 4 heteroatoms. The molecule has 1 atom stereocenters. The van der Waals surface area contributed by atoms with Crippen molar-refractivity contribution in [2.45, 2.75) is 25.4 Å². The summed E-state index contributed by atoms with van der Waals surface area (Å²) < 4.78 is 0. The number of aliphatic hydroxyl groups excluding tert-OH is 1. The highest BCUT2D eigenvalue weighted by Crippen LogP contribution is 2.33. The van der Waals surface area contributed by atoms with Crippen LogP contribution in [0.2, 0.25) is 0 Å². The molecular formula is C11H15NO2S. The average Bonchev–Trinajstić information content (AvgIpc) is 2.93. The van der Waals surface area contributed by atoms with E-state index in [2.05, 4.69) is 5.32 Å². The number of thiophene rings is 1. The first-order valence-electron chi connectivity index (χ1n) is 5.27. The molecule has 0 radical (unpaired) electrons. The lowest BCUT2D eigenvalue weighted by molar-refractivity contribution is 0.0941. The summed E-state index contributed by atoms with van der Waals surface area (Å²) in [5.74, 6) is 0.455. The first-order valence-corrected chi connectivity index (χ1v) is 6.15. The number of hydrogen-bond donors (Lipinski definition) is 2. The van der Waals surface area contributed by atoms with Gasteiger partial charge in [0.15, 0.2) is 0 Å². The fraction of sp³-hybridized carbons (Fsp3) is 0.545. The van der Waals surface area contributed by atoms with Gasteiger partial charge in [-0.2, -0.15) is 0 Å². The largest absolute Gasteiger partial charge is 0.393 e. The van der Waals surface area contributed by atoms with Crippen LogP contribution in [0.15, 0.2) is 17.5 Å². The number of hydrogen-bond acceptors (Lipinski definition) is 3. The fourth-order valence-electron chi connectivity index (χ4n) is 1.55. The average molecular weight is 225 g/mol. The summed E-state index contributed by atoms with van der Waals surface area (Å²) in [6.45, 7) is 0.564. The summed E-state index contributed by atoms with van der Waals surface area (Å²) in [7, 11) is 0. The quantitative estimate of drug-likeness (QED) is 0.800. The summed E-state index contributed by atoms with van der Waals surface area (Å²) in [6, 6.07) is 3.66. The zero-order valence-electron chi connectivity index (χ0n) is 8.48. The molecule has 1 aliphatic carbocycles. The summed E-state index contributed by atoms with van der Waals surface area (Å²) in [5.41, 5.74) is 0. The van der Waals surface area contributed by atoms with E-state index in [1.54, 1.807) is 6.07 Å². The van der Waals surface area contributed by atoms with Gasteiger partial charge in [0, 0.05) is 6.54 Å². The van der Waals surface area contributed by atoms with Crippen LogP contribution in [-0.4, -0.2) is 23.7 Å². The molecule has 82 valence electrons. The number of nitrogens with one attached hydrogen (secondary N) is 1. The second-order valence-electron chi connectivity index (χ2n) is 3.93. The number of amides is 1. The molecule has 0 bridgehead atoms. The molecule has 1 fully saturated rings. The van der Waals surface area contributed by atoms with Gasteiger partial charge in [-0.25, -0.2) is 0 Å². The zero-order valence-corrected chi connectivity index (χ0v) is 9.30. The molecule has 2 N–H and O–H groups in total. The Hall–Kier alpha value is -0.870. The Kier molecular flexibility index (Phi) is 3.38. The minimum absolute atomic E-state index is 0.0343. The second-order valence-corrected chi connectivity index (χ2v) is 4.87. The molecule has 1 aliphatic rings. The molecule has 1 amide bonds. The Morgan fingerprint density at radius 3 is 3.07 bits per heavy atom. The molecule has 0 aromatic carbocycles. The molecular weight excluding hydrogens is 210 g/mol. The van der Waals surface area contributed by atoms with Gasteiger partial charge in [0.05, 0.1) is 11.0 Å². The topological polar surface area (TPSA) is 49.3 Å². The maximum Gasteiger partial charge on any atom is 0.261 e. The third-order valence-corrected chi connectivity index (χ3v) is 3.51. The standard InChI is InChI=1S/C11H15NO2S/c13-9(8-3-4-8)5-6-12-11(14)10-2-1-7-15-10/h1-2,7-9,13H,3-6H2,(H,12,14). The van der Waals surface area contributed by atoms with E-state index in [0.29, 0.717) is 18.9 Å². The van der Waals surface area contributed by atoms with Crippen LogP contribution >= 0.6 is 11.3 Å². The van der Waals surface area contributed by atoms with Gasteiger partial charge in [0.1, 0.15) is 0 Å². The molecule has 15 heavy (non-hydrogen) atoms. The summed E-state index contributed by atoms with van der Waals surface area (Å²) in [4.78, 5) is 12.2. The molecule has 1 heterocycles. The Labute approximate surface area is 93.1 Å². The summed E-state index contributed by atoms with van der Waals surface area (Å²) in [5, 5.41) is 14.3. The van der Waals surface area contributed by atoms with Crippen LogP contribution < -0.4 is 5.32 Å². The van der Waals surface area contributed by atoms with Gasteiger partial charge in [-0.1, -0.05) is 6.07 Å². The predicted octanol–water partition coefficient (Wildman–Crippen LogP) is 1.64. The van der Waals surface area contributed by atoms with Crippen molar-refractivity contribution < 1.29 is 9.90 Å². The number of carbonyl (C=O) groups excluding carboxylic acids is 1. The molecule has 2 rings (SSSR count). The first kappa shape index (κ1) is 10.6. The van der Waals surface area contributed by atoms with Gasteiger partial charge >= 0.3 is 0 Å². The minimum atomic E-state index is -0.228. The van der Waals surface area contributed by atoms with Crippen molar-refractivity contribution in [1.29, 1.82) is 0 Å². The van der Waals surface area contributed by atoms with Crippen molar-refractivity contribution >= 4 is 17.2 Å². The van der Waals surface area contributed by atoms with Crippen LogP contribution in [0.4, 0.5) is 0 Å². The monoisotopic (exact) mass is 225 g/mol. The molecule has 1 aromatic rings. The van der Waals surface area contributed by atoms with Crippen LogP contribution in [0.5, 0.6) is 0 Å². The van der Waals surface area contributed by atoms with E-state index in [1.165, 1.54) is 11.3 Å². The number of aliphatic hydroxyl groups is 1. The Balaban J connectivity index is 1.67. The molecule has 0 spiro atoms. The number of carbonyl (C=O) groups is 1. The highest BCUT2D eigenvalue weighted by Gasteiger charge is 2.29. The second kappa shape index (κ2) is 4.77. The van der Waals surface area contributed by atoms with Gasteiger partial charge in [0.25, 0.3) is 5.91 Å². The highest BCUT2D eigenvalue weighted by molar-refractivity contribution is 7.12. The van der Waals surface area contributed by atoms with Crippen LogP contribution in [0.1, 0.15) is 28.9 Å². The third-order valence-electron chi connectivity index (χ3n) is 2.64. The molecule has 1 unspecified atom stereocenters. The van der Waals surface area contributed by atoms with E-state index in [4.69, 9.17) is 0 Å². The Bertz CT molecular complexity index is 319. The van der Waals surface area contributed by atoms with Gasteiger partial charge in [0.2, 0.25) is 0 Å². The van der Waals surface area contributed by atoms with Gasteiger partial charge < -0.3 is 10.4 Å². The Morgan fingerprint density at radius 1 is 1.67 bits per heavy atom. The van der Waals surface area contributed by atoms with Crippen molar-refractivity contribution in [3.8, 4) is 0 Å². The maximum absolute atomic E-state index is 11.5. The lowest BCUT2D eigenvalue weighted by atomic mass is 10.1. The van der Waals surface area contributed by atoms with Crippen molar-refractivity contribution in [1.82, 2.24) is 5.32 Å². The van der Waals surface area contributed by atoms with E-state index >= 15 is 0 Å². The molecule has 3 nitrogen and oxygen atoms in total. The van der Waals surface area contributed by atoms with Crippen LogP contribution in [0.25, 0.3) is 0 Å². The zero-order chi connectivity index (χ0) is 10.7. The predicted molar refractivity (Wildman–Crippen MR) is 60.0 cm³/mol. The molecule has 0 aliphatic heterocycles. The number of rotatable bonds is 5. The van der Waals surface area contributed by atoms with Crippen molar-refractivity contribution in [3.63, 3.8) is 0 Å². The fourth-order valence-corrected chi connectivity index (χ4v) is 2.19. The third kappa shape index (κ3) is 3.04. The molecule has 0 saturated heterocycles. The van der Waals surface area contributed by atoms with Gasteiger partial charge in [-0.15, -0.1) is 11.3 Å². The molecule has 1 saturated carbocycles. The lowest BCUT2D eigenvalue weighted by Gasteiger charge is -2.09. The van der Waals surface area contributed by atoms with Crippen LogP contribution in [0, 0.1) is 5.92 Å². The normalized spacial score (nSPS) is 17.4. The van der Waals surface area contributed by atoms with Crippen LogP contribution in [-0.2, 0) is 0 Å². The van der Waals surface area contributed by atoms with Gasteiger partial charge in [-0.3, -0.25) is 4.79 Å². The van der Waals surface area contributed by atoms with Crippen molar-refractivity contribution in [2.75, 3.05) is 6.54 Å².